The molecule has 1 amide bonds. The molecular weight excluding hydrogens is 439 g/mol. The summed E-state index contributed by atoms with van der Waals surface area (Å²) in [4.78, 5) is 12.1. The highest BCUT2D eigenvalue weighted by Crippen LogP contribution is 2.19. The number of carbonyl (C=O) groups is 1. The number of hydrogen-bond acceptors (Lipinski definition) is 5. The molecule has 8 heteroatoms. The van der Waals surface area contributed by atoms with E-state index in [0.717, 1.165) is 25.7 Å². The van der Waals surface area contributed by atoms with Gasteiger partial charge in [-0.2, -0.15) is 0 Å². The molecule has 0 unspecified atom stereocenters. The first kappa shape index (κ1) is 23.7. The van der Waals surface area contributed by atoms with E-state index < -0.39 is 6.10 Å². The lowest BCUT2D eigenvalue weighted by Crippen LogP contribution is -2.45. The van der Waals surface area contributed by atoms with Crippen molar-refractivity contribution in [3.8, 4) is 11.5 Å². The summed E-state index contributed by atoms with van der Waals surface area (Å²) in [5.41, 5.74) is 0. The lowest BCUT2D eigenvalue weighted by molar-refractivity contribution is -0.124. The van der Waals surface area contributed by atoms with Crippen molar-refractivity contribution in [1.29, 1.82) is 0 Å². The van der Waals surface area contributed by atoms with E-state index in [1.807, 2.05) is 0 Å². The van der Waals surface area contributed by atoms with Gasteiger partial charge >= 0.3 is 0 Å². The quantitative estimate of drug-likeness (QED) is 0.495. The van der Waals surface area contributed by atoms with Gasteiger partial charge in [-0.3, -0.25) is 4.79 Å². The van der Waals surface area contributed by atoms with Gasteiger partial charge in [0.2, 0.25) is 0 Å². The third-order valence-corrected chi connectivity index (χ3v) is 5.68. The Hall–Kier alpha value is -1.99. The van der Waals surface area contributed by atoms with Gasteiger partial charge < -0.3 is 25.2 Å². The third-order valence-electron chi connectivity index (χ3n) is 5.17. The molecule has 3 rings (SSSR count). The van der Waals surface area contributed by atoms with Gasteiger partial charge in [0.25, 0.3) is 5.91 Å². The largest absolute Gasteiger partial charge is 0.491 e. The van der Waals surface area contributed by atoms with Crippen molar-refractivity contribution in [3.63, 3.8) is 0 Å². The lowest BCUT2D eigenvalue weighted by Gasteiger charge is -2.30. The molecule has 0 bridgehead atoms. The molecule has 1 fully saturated rings. The van der Waals surface area contributed by atoms with E-state index in [1.165, 1.54) is 0 Å². The highest BCUT2D eigenvalue weighted by molar-refractivity contribution is 6.30. The van der Waals surface area contributed by atoms with E-state index >= 15 is 0 Å². The van der Waals surface area contributed by atoms with Gasteiger partial charge in [-0.15, -0.1) is 0 Å². The molecule has 0 saturated heterocycles. The zero-order valence-corrected chi connectivity index (χ0v) is 18.7. The van der Waals surface area contributed by atoms with Crippen molar-refractivity contribution in [2.75, 3.05) is 19.8 Å². The van der Waals surface area contributed by atoms with Crippen LogP contribution in [0.25, 0.3) is 0 Å². The molecule has 1 aliphatic rings. The molecule has 1 saturated carbocycles. The minimum atomic E-state index is -0.599. The Morgan fingerprint density at radius 1 is 0.903 bits per heavy atom. The zero-order chi connectivity index (χ0) is 22.1. The van der Waals surface area contributed by atoms with Crippen molar-refractivity contribution < 1.29 is 19.4 Å². The summed E-state index contributed by atoms with van der Waals surface area (Å²) >= 11 is 11.7. The molecule has 6 nitrogen and oxygen atoms in total. The molecular formula is C23H28Cl2N2O4. The minimum absolute atomic E-state index is 0.0143. The maximum Gasteiger partial charge on any atom is 0.258 e. The summed E-state index contributed by atoms with van der Waals surface area (Å²) < 4.78 is 11.1. The third kappa shape index (κ3) is 8.57. The lowest BCUT2D eigenvalue weighted by atomic mass is 9.91. The molecule has 0 heterocycles. The number of rotatable bonds is 10. The van der Waals surface area contributed by atoms with Crippen LogP contribution in [0.4, 0.5) is 0 Å². The normalized spacial score (nSPS) is 19.5. The van der Waals surface area contributed by atoms with Crippen LogP contribution in [-0.2, 0) is 4.79 Å². The number of halogens is 2. The Morgan fingerprint density at radius 3 is 2.00 bits per heavy atom. The molecule has 2 aromatic carbocycles. The Balaban J connectivity index is 1.27. The average Bonchev–Trinajstić information content (AvgIpc) is 2.78. The summed E-state index contributed by atoms with van der Waals surface area (Å²) in [6, 6.07) is 14.5. The van der Waals surface area contributed by atoms with Crippen molar-refractivity contribution >= 4 is 29.1 Å². The number of carbonyl (C=O) groups excluding carboxylic acids is 1. The molecule has 0 aromatic heterocycles. The van der Waals surface area contributed by atoms with Gasteiger partial charge in [-0.05, 0) is 74.2 Å². The van der Waals surface area contributed by atoms with E-state index in [0.29, 0.717) is 34.1 Å². The van der Waals surface area contributed by atoms with Crippen LogP contribution in [0.1, 0.15) is 25.7 Å². The second kappa shape index (κ2) is 12.2. The number of ether oxygens (including phenoxy) is 2. The van der Waals surface area contributed by atoms with Crippen molar-refractivity contribution in [2.24, 2.45) is 0 Å². The first-order valence-corrected chi connectivity index (χ1v) is 11.2. The van der Waals surface area contributed by atoms with Crippen LogP contribution in [-0.4, -0.2) is 49.0 Å². The van der Waals surface area contributed by atoms with Gasteiger partial charge in [-0.1, -0.05) is 23.2 Å². The van der Waals surface area contributed by atoms with E-state index in [-0.39, 0.29) is 25.2 Å². The fourth-order valence-corrected chi connectivity index (χ4v) is 3.73. The van der Waals surface area contributed by atoms with E-state index in [4.69, 9.17) is 32.7 Å². The molecule has 1 atom stereocenters. The summed E-state index contributed by atoms with van der Waals surface area (Å²) in [6.45, 7) is 0.664. The van der Waals surface area contributed by atoms with Gasteiger partial charge in [0.15, 0.2) is 6.61 Å². The second-order valence-electron chi connectivity index (χ2n) is 7.69. The molecule has 31 heavy (non-hydrogen) atoms. The fraction of sp³-hybridized carbons (Fsp3) is 0.435. The van der Waals surface area contributed by atoms with Crippen molar-refractivity contribution in [1.82, 2.24) is 10.6 Å². The monoisotopic (exact) mass is 466 g/mol. The zero-order valence-electron chi connectivity index (χ0n) is 17.2. The van der Waals surface area contributed by atoms with Crippen molar-refractivity contribution in [2.45, 2.75) is 43.9 Å². The van der Waals surface area contributed by atoms with Gasteiger partial charge in [0, 0.05) is 28.7 Å². The van der Waals surface area contributed by atoms with Crippen LogP contribution < -0.4 is 20.1 Å². The topological polar surface area (TPSA) is 79.8 Å². The van der Waals surface area contributed by atoms with E-state index in [1.54, 1.807) is 48.5 Å². The Kier molecular flexibility index (Phi) is 9.28. The predicted molar refractivity (Wildman–Crippen MR) is 122 cm³/mol. The first-order valence-electron chi connectivity index (χ1n) is 10.5. The van der Waals surface area contributed by atoms with Crippen LogP contribution in [0.5, 0.6) is 11.5 Å². The highest BCUT2D eigenvalue weighted by atomic mass is 35.5. The molecule has 0 radical (unpaired) electrons. The highest BCUT2D eigenvalue weighted by Gasteiger charge is 2.23. The predicted octanol–water partition coefficient (Wildman–Crippen LogP) is 3.83. The van der Waals surface area contributed by atoms with Crippen LogP contribution in [0.2, 0.25) is 10.0 Å². The van der Waals surface area contributed by atoms with E-state index in [9.17, 15) is 9.90 Å². The van der Waals surface area contributed by atoms with Gasteiger partial charge in [0.1, 0.15) is 24.2 Å². The number of aliphatic hydroxyl groups is 1. The molecule has 2 aromatic rings. The number of benzene rings is 2. The number of amides is 1. The Bertz CT molecular complexity index is 809. The smallest absolute Gasteiger partial charge is 0.258 e. The number of hydrogen-bond donors (Lipinski definition) is 3. The van der Waals surface area contributed by atoms with E-state index in [2.05, 4.69) is 10.6 Å². The summed E-state index contributed by atoms with van der Waals surface area (Å²) in [6.07, 6.45) is 3.06. The minimum Gasteiger partial charge on any atom is -0.491 e. The van der Waals surface area contributed by atoms with Crippen LogP contribution in [0, 0.1) is 0 Å². The summed E-state index contributed by atoms with van der Waals surface area (Å²) in [5, 5.41) is 17.8. The van der Waals surface area contributed by atoms with Crippen LogP contribution in [0.15, 0.2) is 48.5 Å². The number of nitrogens with one attached hydrogen (secondary N) is 2. The molecule has 0 aliphatic heterocycles. The fourth-order valence-electron chi connectivity index (χ4n) is 3.48. The maximum atomic E-state index is 12.1. The van der Waals surface area contributed by atoms with Gasteiger partial charge in [0.05, 0.1) is 0 Å². The molecule has 3 N–H and O–H groups in total. The molecule has 0 spiro atoms. The Labute approximate surface area is 192 Å². The molecule has 168 valence electrons. The number of aliphatic hydroxyl groups excluding tert-OH is 1. The van der Waals surface area contributed by atoms with Gasteiger partial charge in [-0.25, -0.2) is 0 Å². The Morgan fingerprint density at radius 2 is 1.42 bits per heavy atom. The first-order chi connectivity index (χ1) is 15.0. The average molecular weight is 467 g/mol. The summed E-state index contributed by atoms with van der Waals surface area (Å²) in [7, 11) is 0. The second-order valence-corrected chi connectivity index (χ2v) is 8.56. The van der Waals surface area contributed by atoms with Crippen LogP contribution in [0.3, 0.4) is 0 Å². The maximum absolute atomic E-state index is 12.1. The van der Waals surface area contributed by atoms with Crippen LogP contribution >= 0.6 is 23.2 Å². The summed E-state index contributed by atoms with van der Waals surface area (Å²) in [5.74, 6) is 1.17. The SMILES string of the molecule is O=C(COc1ccc(Cl)cc1)NC1CCC(NC[C@@H](O)COc2ccc(Cl)cc2)CC1. The van der Waals surface area contributed by atoms with Crippen molar-refractivity contribution in [3.05, 3.63) is 58.6 Å². The standard InChI is InChI=1S/C23H28Cl2N2O4/c24-16-1-9-21(10-2-16)30-14-20(28)13-26-18-5-7-19(8-6-18)27-23(29)15-31-22-11-3-17(25)4-12-22/h1-4,9-12,18-20,26,28H,5-8,13-15H2,(H,27,29)/t18?,19?,20-/m1/s1. The molecule has 1 aliphatic carbocycles.